The number of aromatic nitrogens is 2. The lowest BCUT2D eigenvalue weighted by atomic mass is 10.0. The number of nitrogens with two attached hydrogens (primary N) is 1. The molecule has 0 radical (unpaired) electrons. The number of aryl methyl sites for hydroxylation is 3. The van der Waals surface area contributed by atoms with Crippen molar-refractivity contribution in [2.24, 2.45) is 5.73 Å². The summed E-state index contributed by atoms with van der Waals surface area (Å²) >= 11 is 1.72. The zero-order chi connectivity index (χ0) is 11.7. The summed E-state index contributed by atoms with van der Waals surface area (Å²) in [6, 6.07) is 4.05. The summed E-state index contributed by atoms with van der Waals surface area (Å²) in [5, 5.41) is 10.2. The van der Waals surface area contributed by atoms with Gasteiger partial charge in [0.2, 0.25) is 0 Å². The van der Waals surface area contributed by atoms with Crippen LogP contribution in [0.15, 0.2) is 17.5 Å². The van der Waals surface area contributed by atoms with E-state index < -0.39 is 0 Å². The van der Waals surface area contributed by atoms with Gasteiger partial charge >= 0.3 is 0 Å². The van der Waals surface area contributed by atoms with Gasteiger partial charge in [0.15, 0.2) is 0 Å². The number of nitrogens with zero attached hydrogens (tertiary/aromatic N) is 2. The minimum Gasteiger partial charge on any atom is -0.320 e. The van der Waals surface area contributed by atoms with Crippen molar-refractivity contribution in [2.45, 2.75) is 26.8 Å². The molecule has 2 aromatic heterocycles. The highest BCUT2D eigenvalue weighted by Gasteiger charge is 2.14. The monoisotopic (exact) mass is 233 g/mol. The van der Waals surface area contributed by atoms with E-state index in [-0.39, 0.29) is 6.04 Å². The molecule has 2 N–H and O–H groups in total. The second-order valence-corrected chi connectivity index (χ2v) is 5.11. The molecule has 0 spiro atoms. The summed E-state index contributed by atoms with van der Waals surface area (Å²) in [6.45, 7) is 5.96. The van der Waals surface area contributed by atoms with Gasteiger partial charge in [0.25, 0.3) is 0 Å². The Morgan fingerprint density at radius 3 is 2.56 bits per heavy atom. The van der Waals surface area contributed by atoms with Crippen LogP contribution in [0.1, 0.15) is 33.4 Å². The van der Waals surface area contributed by atoms with Gasteiger partial charge in [-0.2, -0.15) is 10.2 Å². The zero-order valence-corrected chi connectivity index (χ0v) is 10.5. The van der Waals surface area contributed by atoms with Crippen LogP contribution < -0.4 is 5.73 Å². The quantitative estimate of drug-likeness (QED) is 0.867. The van der Waals surface area contributed by atoms with Gasteiger partial charge in [-0.25, -0.2) is 0 Å². The van der Waals surface area contributed by atoms with Crippen molar-refractivity contribution in [1.82, 2.24) is 10.2 Å². The molecule has 1 unspecified atom stereocenters. The Hall–Kier alpha value is -1.26. The maximum Gasteiger partial charge on any atom is 0.0651 e. The van der Waals surface area contributed by atoms with Crippen LogP contribution in [0.25, 0.3) is 0 Å². The Balaban J connectivity index is 2.40. The molecule has 0 aliphatic heterocycles. The first-order valence-corrected chi connectivity index (χ1v) is 6.07. The summed E-state index contributed by atoms with van der Waals surface area (Å²) in [5.74, 6) is 0. The van der Waals surface area contributed by atoms with Gasteiger partial charge in [-0.1, -0.05) is 0 Å². The van der Waals surface area contributed by atoms with Gasteiger partial charge in [0.1, 0.15) is 0 Å². The van der Waals surface area contributed by atoms with E-state index in [1.165, 1.54) is 4.88 Å². The SMILES string of the molecule is Cc1cc(C(N)c2csc(C)c2)c(C)nn1. The summed E-state index contributed by atoms with van der Waals surface area (Å²) in [6.07, 6.45) is 0. The topological polar surface area (TPSA) is 51.8 Å². The van der Waals surface area contributed by atoms with Crippen molar-refractivity contribution in [1.29, 1.82) is 0 Å². The molecule has 3 nitrogen and oxygen atoms in total. The summed E-state index contributed by atoms with van der Waals surface area (Å²) < 4.78 is 0. The molecular weight excluding hydrogens is 218 g/mol. The number of rotatable bonds is 2. The predicted octanol–water partition coefficient (Wildman–Crippen LogP) is 2.51. The fraction of sp³-hybridized carbons (Fsp3) is 0.333. The van der Waals surface area contributed by atoms with Gasteiger partial charge in [0.05, 0.1) is 17.4 Å². The molecule has 84 valence electrons. The summed E-state index contributed by atoms with van der Waals surface area (Å²) in [4.78, 5) is 1.28. The molecule has 2 heterocycles. The number of hydrogen-bond donors (Lipinski definition) is 1. The molecule has 4 heteroatoms. The largest absolute Gasteiger partial charge is 0.320 e. The molecule has 0 fully saturated rings. The van der Waals surface area contributed by atoms with Gasteiger partial charge in [0, 0.05) is 4.88 Å². The highest BCUT2D eigenvalue weighted by Crippen LogP contribution is 2.25. The first-order valence-electron chi connectivity index (χ1n) is 5.19. The molecule has 2 aromatic rings. The molecule has 0 amide bonds. The summed E-state index contributed by atoms with van der Waals surface area (Å²) in [7, 11) is 0. The number of thiophene rings is 1. The minimum absolute atomic E-state index is 0.0980. The molecule has 0 aromatic carbocycles. The van der Waals surface area contributed by atoms with E-state index >= 15 is 0 Å². The van der Waals surface area contributed by atoms with Gasteiger partial charge in [-0.05, 0) is 49.4 Å². The first-order chi connectivity index (χ1) is 7.58. The third kappa shape index (κ3) is 2.13. The van der Waals surface area contributed by atoms with E-state index in [0.29, 0.717) is 0 Å². The van der Waals surface area contributed by atoms with E-state index in [4.69, 9.17) is 5.73 Å². The maximum atomic E-state index is 6.24. The van der Waals surface area contributed by atoms with E-state index in [9.17, 15) is 0 Å². The Morgan fingerprint density at radius 2 is 1.94 bits per heavy atom. The highest BCUT2D eigenvalue weighted by atomic mass is 32.1. The average Bonchev–Trinajstić information content (AvgIpc) is 2.67. The van der Waals surface area contributed by atoms with E-state index in [2.05, 4.69) is 28.6 Å². The van der Waals surface area contributed by atoms with Crippen LogP contribution in [0.2, 0.25) is 0 Å². The smallest absolute Gasteiger partial charge is 0.0651 e. The Morgan fingerprint density at radius 1 is 1.19 bits per heavy atom. The highest BCUT2D eigenvalue weighted by molar-refractivity contribution is 7.10. The maximum absolute atomic E-state index is 6.24. The molecule has 2 rings (SSSR count). The minimum atomic E-state index is -0.0980. The van der Waals surface area contributed by atoms with Crippen LogP contribution in [0.5, 0.6) is 0 Å². The zero-order valence-electron chi connectivity index (χ0n) is 9.69. The van der Waals surface area contributed by atoms with Gasteiger partial charge in [-0.15, -0.1) is 11.3 Å². The van der Waals surface area contributed by atoms with E-state index in [1.807, 2.05) is 19.9 Å². The van der Waals surface area contributed by atoms with E-state index in [1.54, 1.807) is 11.3 Å². The molecular formula is C12H15N3S. The van der Waals surface area contributed by atoms with Crippen LogP contribution in [-0.4, -0.2) is 10.2 Å². The van der Waals surface area contributed by atoms with Crippen LogP contribution >= 0.6 is 11.3 Å². The fourth-order valence-corrected chi connectivity index (χ4v) is 2.43. The van der Waals surface area contributed by atoms with Crippen LogP contribution in [-0.2, 0) is 0 Å². The van der Waals surface area contributed by atoms with Gasteiger partial charge in [-0.3, -0.25) is 0 Å². The first kappa shape index (κ1) is 11.2. The van der Waals surface area contributed by atoms with Crippen molar-refractivity contribution in [3.8, 4) is 0 Å². The van der Waals surface area contributed by atoms with Crippen molar-refractivity contribution in [2.75, 3.05) is 0 Å². The number of hydrogen-bond acceptors (Lipinski definition) is 4. The van der Waals surface area contributed by atoms with Crippen LogP contribution in [0.3, 0.4) is 0 Å². The Kier molecular flexibility index (Phi) is 3.03. The van der Waals surface area contributed by atoms with Crippen LogP contribution in [0.4, 0.5) is 0 Å². The van der Waals surface area contributed by atoms with Crippen molar-refractivity contribution < 1.29 is 0 Å². The summed E-state index contributed by atoms with van der Waals surface area (Å²) in [5.41, 5.74) is 10.3. The lowest BCUT2D eigenvalue weighted by molar-refractivity contribution is 0.816. The third-order valence-corrected chi connectivity index (χ3v) is 3.46. The van der Waals surface area contributed by atoms with Crippen molar-refractivity contribution in [3.05, 3.63) is 44.9 Å². The second kappa shape index (κ2) is 4.31. The Bertz CT molecular complexity index is 505. The average molecular weight is 233 g/mol. The van der Waals surface area contributed by atoms with Crippen molar-refractivity contribution >= 4 is 11.3 Å². The van der Waals surface area contributed by atoms with Crippen LogP contribution in [0, 0.1) is 20.8 Å². The second-order valence-electron chi connectivity index (χ2n) is 3.99. The molecule has 0 aliphatic carbocycles. The Labute approximate surface area is 99.3 Å². The molecule has 0 bridgehead atoms. The van der Waals surface area contributed by atoms with E-state index in [0.717, 1.165) is 22.5 Å². The van der Waals surface area contributed by atoms with Crippen molar-refractivity contribution in [3.63, 3.8) is 0 Å². The molecule has 0 saturated heterocycles. The third-order valence-electron chi connectivity index (χ3n) is 2.58. The lowest BCUT2D eigenvalue weighted by Gasteiger charge is -2.12. The fourth-order valence-electron chi connectivity index (χ4n) is 1.69. The molecule has 0 aliphatic rings. The molecule has 0 saturated carbocycles. The van der Waals surface area contributed by atoms with Gasteiger partial charge < -0.3 is 5.73 Å². The standard InChI is InChI=1S/C12H15N3S/c1-7-4-11(9(3)15-14-7)12(13)10-5-8(2)16-6-10/h4-6,12H,13H2,1-3H3. The predicted molar refractivity (Wildman–Crippen MR) is 66.6 cm³/mol. The lowest BCUT2D eigenvalue weighted by Crippen LogP contribution is -2.14. The molecule has 16 heavy (non-hydrogen) atoms. The molecule has 1 atom stereocenters. The normalized spacial score (nSPS) is 12.8.